The number of aromatic carboxylic acids is 1. The molecule has 0 radical (unpaired) electrons. The van der Waals surface area contributed by atoms with E-state index in [1.54, 1.807) is 15.6 Å². The molecular formula is C12H16N6O3. The molecule has 3 rings (SSSR count). The smallest absolute Gasteiger partial charge is 0.358 e. The quantitative estimate of drug-likeness (QED) is 0.719. The Morgan fingerprint density at radius 2 is 2.19 bits per heavy atom. The van der Waals surface area contributed by atoms with Crippen LogP contribution in [0.1, 0.15) is 22.1 Å². The molecule has 0 unspecified atom stereocenters. The van der Waals surface area contributed by atoms with Gasteiger partial charge in [0, 0.05) is 31.4 Å². The first-order valence-corrected chi connectivity index (χ1v) is 6.65. The van der Waals surface area contributed by atoms with Gasteiger partial charge < -0.3 is 10.2 Å². The third-order valence-electron chi connectivity index (χ3n) is 3.46. The van der Waals surface area contributed by atoms with Crippen molar-refractivity contribution < 1.29 is 15.0 Å². The standard InChI is InChI=1S/C12H16N6O3/c19-2-1-17-5-9(3-13-17)4-16-6-10(7-16)18-8-11(12(20)21)14-15-18/h3,5,8,10,19H,1-2,4,6-7H2,(H,20,21). The number of carboxylic acids is 1. The van der Waals surface area contributed by atoms with Crippen molar-refractivity contribution >= 4 is 5.97 Å². The fourth-order valence-corrected chi connectivity index (χ4v) is 2.36. The highest BCUT2D eigenvalue weighted by Gasteiger charge is 2.29. The maximum Gasteiger partial charge on any atom is 0.358 e. The number of hydrogen-bond donors (Lipinski definition) is 2. The molecule has 112 valence electrons. The molecule has 2 aromatic heterocycles. The van der Waals surface area contributed by atoms with Crippen molar-refractivity contribution in [2.75, 3.05) is 19.7 Å². The lowest BCUT2D eigenvalue weighted by atomic mass is 10.1. The first kappa shape index (κ1) is 13.7. The van der Waals surface area contributed by atoms with Crippen molar-refractivity contribution in [3.05, 3.63) is 29.8 Å². The van der Waals surface area contributed by atoms with E-state index in [0.29, 0.717) is 6.54 Å². The number of likely N-dealkylation sites (tertiary alicyclic amines) is 1. The Bertz CT molecular complexity index is 630. The summed E-state index contributed by atoms with van der Waals surface area (Å²) in [5, 5.41) is 29.3. The van der Waals surface area contributed by atoms with Gasteiger partial charge in [0.05, 0.1) is 31.6 Å². The Morgan fingerprint density at radius 1 is 1.38 bits per heavy atom. The summed E-state index contributed by atoms with van der Waals surface area (Å²) >= 11 is 0. The first-order chi connectivity index (χ1) is 10.2. The summed E-state index contributed by atoms with van der Waals surface area (Å²) in [5.74, 6) is -1.06. The molecule has 0 aliphatic carbocycles. The van der Waals surface area contributed by atoms with Crippen LogP contribution in [0, 0.1) is 0 Å². The maximum absolute atomic E-state index is 10.8. The zero-order valence-electron chi connectivity index (χ0n) is 11.3. The van der Waals surface area contributed by atoms with E-state index in [1.165, 1.54) is 6.20 Å². The lowest BCUT2D eigenvalue weighted by Gasteiger charge is -2.38. The Balaban J connectivity index is 1.51. The fraction of sp³-hybridized carbons (Fsp3) is 0.500. The number of nitrogens with zero attached hydrogens (tertiary/aromatic N) is 6. The number of rotatable bonds is 6. The predicted octanol–water partition coefficient (Wildman–Crippen LogP) is -0.778. The highest BCUT2D eigenvalue weighted by Crippen LogP contribution is 2.22. The van der Waals surface area contributed by atoms with E-state index in [1.807, 2.05) is 6.20 Å². The maximum atomic E-state index is 10.8. The van der Waals surface area contributed by atoms with E-state index < -0.39 is 5.97 Å². The fourth-order valence-electron chi connectivity index (χ4n) is 2.36. The summed E-state index contributed by atoms with van der Waals surface area (Å²) in [4.78, 5) is 13.0. The summed E-state index contributed by atoms with van der Waals surface area (Å²) in [6, 6.07) is 0.165. The zero-order chi connectivity index (χ0) is 14.8. The molecule has 1 aliphatic rings. The van der Waals surface area contributed by atoms with Crippen LogP contribution in [0.15, 0.2) is 18.6 Å². The molecule has 0 saturated carbocycles. The van der Waals surface area contributed by atoms with Crippen LogP contribution >= 0.6 is 0 Å². The molecule has 2 aromatic rings. The summed E-state index contributed by atoms with van der Waals surface area (Å²) in [6.07, 6.45) is 5.17. The van der Waals surface area contributed by atoms with Gasteiger partial charge in [-0.3, -0.25) is 9.58 Å². The van der Waals surface area contributed by atoms with Crippen molar-refractivity contribution in [2.24, 2.45) is 0 Å². The average molecular weight is 292 g/mol. The van der Waals surface area contributed by atoms with Crippen molar-refractivity contribution in [1.82, 2.24) is 29.7 Å². The second-order valence-corrected chi connectivity index (χ2v) is 5.07. The van der Waals surface area contributed by atoms with Gasteiger partial charge in [0.2, 0.25) is 0 Å². The Labute approximate surface area is 120 Å². The van der Waals surface area contributed by atoms with Gasteiger partial charge in [-0.05, 0) is 0 Å². The van der Waals surface area contributed by atoms with Crippen LogP contribution in [0.2, 0.25) is 0 Å². The van der Waals surface area contributed by atoms with Crippen LogP contribution < -0.4 is 0 Å². The van der Waals surface area contributed by atoms with Crippen molar-refractivity contribution in [3.8, 4) is 0 Å². The molecule has 1 saturated heterocycles. The summed E-state index contributed by atoms with van der Waals surface area (Å²) in [6.45, 7) is 2.95. The van der Waals surface area contributed by atoms with Crippen molar-refractivity contribution in [3.63, 3.8) is 0 Å². The Morgan fingerprint density at radius 3 is 2.86 bits per heavy atom. The molecular weight excluding hydrogens is 276 g/mol. The van der Waals surface area contributed by atoms with Crippen LogP contribution in [0.25, 0.3) is 0 Å². The van der Waals surface area contributed by atoms with Crippen LogP contribution in [0.3, 0.4) is 0 Å². The largest absolute Gasteiger partial charge is 0.476 e. The van der Waals surface area contributed by atoms with E-state index >= 15 is 0 Å². The minimum atomic E-state index is -1.06. The van der Waals surface area contributed by atoms with Gasteiger partial charge in [0.1, 0.15) is 0 Å². The van der Waals surface area contributed by atoms with Crippen LogP contribution in [-0.2, 0) is 13.1 Å². The third kappa shape index (κ3) is 2.93. The summed E-state index contributed by atoms with van der Waals surface area (Å²) < 4.78 is 3.32. The predicted molar refractivity (Wildman–Crippen MR) is 70.6 cm³/mol. The second kappa shape index (κ2) is 5.62. The minimum absolute atomic E-state index is 0.0290. The van der Waals surface area contributed by atoms with Crippen LogP contribution in [0.4, 0.5) is 0 Å². The number of hydrogen-bond acceptors (Lipinski definition) is 6. The SMILES string of the molecule is O=C(O)c1cn(C2CN(Cc3cnn(CCO)c3)C2)nn1. The normalized spacial score (nSPS) is 16.0. The van der Waals surface area contributed by atoms with E-state index in [9.17, 15) is 4.79 Å². The monoisotopic (exact) mass is 292 g/mol. The number of carboxylic acid groups (broad SMARTS) is 1. The lowest BCUT2D eigenvalue weighted by Crippen LogP contribution is -2.47. The number of aliphatic hydroxyl groups is 1. The molecule has 21 heavy (non-hydrogen) atoms. The molecule has 3 heterocycles. The minimum Gasteiger partial charge on any atom is -0.476 e. The average Bonchev–Trinajstić information content (AvgIpc) is 3.02. The summed E-state index contributed by atoms with van der Waals surface area (Å²) in [5.41, 5.74) is 1.06. The van der Waals surface area contributed by atoms with E-state index in [-0.39, 0.29) is 18.3 Å². The van der Waals surface area contributed by atoms with Gasteiger partial charge in [-0.25, -0.2) is 9.48 Å². The lowest BCUT2D eigenvalue weighted by molar-refractivity contribution is 0.0690. The number of aromatic nitrogens is 5. The molecule has 1 fully saturated rings. The highest BCUT2D eigenvalue weighted by atomic mass is 16.4. The van der Waals surface area contributed by atoms with Gasteiger partial charge in [-0.1, -0.05) is 5.21 Å². The topological polar surface area (TPSA) is 109 Å². The van der Waals surface area contributed by atoms with Gasteiger partial charge in [-0.15, -0.1) is 5.10 Å². The molecule has 0 aromatic carbocycles. The van der Waals surface area contributed by atoms with Crippen molar-refractivity contribution in [2.45, 2.75) is 19.1 Å². The van der Waals surface area contributed by atoms with Gasteiger partial charge in [-0.2, -0.15) is 5.10 Å². The molecule has 0 amide bonds. The van der Waals surface area contributed by atoms with Crippen LogP contribution in [0.5, 0.6) is 0 Å². The Hall–Kier alpha value is -2.26. The highest BCUT2D eigenvalue weighted by molar-refractivity contribution is 5.84. The van der Waals surface area contributed by atoms with Gasteiger partial charge in [0.25, 0.3) is 0 Å². The number of carbonyl (C=O) groups is 1. The van der Waals surface area contributed by atoms with E-state index in [2.05, 4.69) is 20.3 Å². The Kier molecular flexibility index (Phi) is 3.67. The summed E-state index contributed by atoms with van der Waals surface area (Å²) in [7, 11) is 0. The molecule has 0 bridgehead atoms. The number of aliphatic hydroxyl groups excluding tert-OH is 1. The molecule has 0 spiro atoms. The van der Waals surface area contributed by atoms with Gasteiger partial charge >= 0.3 is 5.97 Å². The van der Waals surface area contributed by atoms with Gasteiger partial charge in [0.15, 0.2) is 5.69 Å². The molecule has 9 heteroatoms. The zero-order valence-corrected chi connectivity index (χ0v) is 11.3. The third-order valence-corrected chi connectivity index (χ3v) is 3.46. The van der Waals surface area contributed by atoms with Crippen molar-refractivity contribution in [1.29, 1.82) is 0 Å². The molecule has 2 N–H and O–H groups in total. The van der Waals surface area contributed by atoms with E-state index in [0.717, 1.165) is 25.2 Å². The molecule has 9 nitrogen and oxygen atoms in total. The van der Waals surface area contributed by atoms with Crippen LogP contribution in [-0.4, -0.2) is 65.6 Å². The first-order valence-electron chi connectivity index (χ1n) is 6.65. The second-order valence-electron chi connectivity index (χ2n) is 5.07. The molecule has 1 aliphatic heterocycles. The van der Waals surface area contributed by atoms with E-state index in [4.69, 9.17) is 10.2 Å². The molecule has 0 atom stereocenters.